The van der Waals surface area contributed by atoms with Crippen LogP contribution in [-0.4, -0.2) is 83.1 Å². The number of rotatable bonds is 7. The van der Waals surface area contributed by atoms with E-state index in [-0.39, 0.29) is 23.7 Å². The molecule has 3 aliphatic heterocycles. The zero-order valence-electron chi connectivity index (χ0n) is 22.7. The molecule has 6 rings (SSSR count). The zero-order valence-corrected chi connectivity index (χ0v) is 24.2. The molecule has 3 aliphatic rings. The lowest BCUT2D eigenvalue weighted by atomic mass is 9.73. The van der Waals surface area contributed by atoms with Gasteiger partial charge in [0.2, 0.25) is 5.95 Å². The number of piperidine rings is 1. The molecule has 11 nitrogen and oxygen atoms in total. The van der Waals surface area contributed by atoms with Crippen molar-refractivity contribution >= 4 is 46.8 Å². The molecule has 6 heterocycles. The summed E-state index contributed by atoms with van der Waals surface area (Å²) in [6, 6.07) is 3.76. The summed E-state index contributed by atoms with van der Waals surface area (Å²) in [4.78, 5) is 28.1. The number of nitrogens with two attached hydrogens (primary N) is 1. The van der Waals surface area contributed by atoms with Gasteiger partial charge in [0.1, 0.15) is 16.7 Å². The van der Waals surface area contributed by atoms with Crippen LogP contribution in [0.3, 0.4) is 0 Å². The van der Waals surface area contributed by atoms with Gasteiger partial charge in [-0.15, -0.1) is 0 Å². The van der Waals surface area contributed by atoms with Crippen molar-refractivity contribution < 1.29 is 9.47 Å². The van der Waals surface area contributed by atoms with E-state index >= 15 is 0 Å². The molecule has 0 unspecified atom stereocenters. The lowest BCUT2D eigenvalue weighted by Gasteiger charge is -2.41. The molecule has 212 valence electrons. The number of nitrogens with one attached hydrogen (secondary N) is 1. The molecule has 13 heteroatoms. The monoisotopic (exact) mass is 583 g/mol. The molecule has 3 atom stereocenters. The van der Waals surface area contributed by atoms with E-state index in [9.17, 15) is 0 Å². The average Bonchev–Trinajstić information content (AvgIpc) is 3.58. The van der Waals surface area contributed by atoms with Gasteiger partial charge in [-0.05, 0) is 38.3 Å². The molecule has 0 aromatic carbocycles. The Hall–Kier alpha value is -2.77. The van der Waals surface area contributed by atoms with Crippen molar-refractivity contribution in [2.24, 2.45) is 11.1 Å². The number of hydrogen-bond acceptors (Lipinski definition) is 12. The van der Waals surface area contributed by atoms with Gasteiger partial charge in [-0.1, -0.05) is 23.4 Å². The number of nitrogens with zero attached hydrogens (tertiary/aromatic N) is 7. The highest BCUT2D eigenvalue weighted by Gasteiger charge is 2.47. The van der Waals surface area contributed by atoms with Crippen LogP contribution >= 0.6 is 23.4 Å². The molecule has 0 radical (unpaired) electrons. The van der Waals surface area contributed by atoms with Gasteiger partial charge in [0.15, 0.2) is 5.82 Å². The van der Waals surface area contributed by atoms with E-state index in [1.165, 1.54) is 11.8 Å². The Morgan fingerprint density at radius 2 is 1.93 bits per heavy atom. The van der Waals surface area contributed by atoms with Crippen LogP contribution in [0.15, 0.2) is 46.8 Å². The van der Waals surface area contributed by atoms with Gasteiger partial charge in [-0.25, -0.2) is 19.9 Å². The summed E-state index contributed by atoms with van der Waals surface area (Å²) in [5, 5.41) is 4.48. The van der Waals surface area contributed by atoms with Gasteiger partial charge in [0, 0.05) is 62.0 Å². The number of ether oxygens (including phenoxy) is 2. The first-order valence-electron chi connectivity index (χ1n) is 13.6. The maximum Gasteiger partial charge on any atom is 0.227 e. The molecule has 3 N–H and O–H groups in total. The topological polar surface area (TPSA) is 127 Å². The Labute approximate surface area is 243 Å². The van der Waals surface area contributed by atoms with Gasteiger partial charge in [0.05, 0.1) is 36.2 Å². The van der Waals surface area contributed by atoms with Crippen LogP contribution < -0.4 is 20.9 Å². The molecule has 1 spiro atoms. The van der Waals surface area contributed by atoms with E-state index in [2.05, 4.69) is 42.0 Å². The quantitative estimate of drug-likeness (QED) is 0.420. The Kier molecular flexibility index (Phi) is 7.95. The van der Waals surface area contributed by atoms with Crippen LogP contribution in [0.2, 0.25) is 5.02 Å². The van der Waals surface area contributed by atoms with Crippen LogP contribution in [0.4, 0.5) is 23.4 Å². The van der Waals surface area contributed by atoms with Gasteiger partial charge < -0.3 is 30.3 Å². The fraction of sp³-hybridized carbons (Fsp3) is 0.519. The first-order chi connectivity index (χ1) is 19.4. The lowest BCUT2D eigenvalue weighted by molar-refractivity contribution is 0.0974. The fourth-order valence-electron chi connectivity index (χ4n) is 5.68. The third kappa shape index (κ3) is 5.55. The SMILES string of the molecule is CO[C@@H]1CCN(c2nccc(Nc3nccc(Sc4cnc(N5CCC6(CC5)CO[C@@H](C)[C@H]6N)cn4)c3Cl)n2)C1. The average molecular weight is 584 g/mol. The van der Waals surface area contributed by atoms with E-state index in [0.29, 0.717) is 22.6 Å². The standard InChI is InChI=1S/C27H34ClN9O2S/c1-17-24(29)27(16-39-17)6-11-36(12-7-27)21-13-33-22(14-32-21)40-19-3-8-30-25(23(19)28)34-20-4-9-31-26(35-20)37-10-5-18(15-37)38-2/h3-4,8-9,13-14,17-18,24H,5-7,10-12,15-16,29H2,1-2H3,(H,30,31,34,35)/t17-,18+,24+/m0/s1. The van der Waals surface area contributed by atoms with Crippen molar-refractivity contribution in [1.82, 2.24) is 24.9 Å². The van der Waals surface area contributed by atoms with E-state index in [1.807, 2.05) is 12.3 Å². The highest BCUT2D eigenvalue weighted by atomic mass is 35.5. The minimum atomic E-state index is 0.0809. The second kappa shape index (κ2) is 11.6. The summed E-state index contributed by atoms with van der Waals surface area (Å²) in [5.41, 5.74) is 6.55. The molecule has 3 aromatic rings. The van der Waals surface area contributed by atoms with Crippen molar-refractivity contribution in [3.05, 3.63) is 41.9 Å². The summed E-state index contributed by atoms with van der Waals surface area (Å²) in [6.45, 7) is 6.23. The van der Waals surface area contributed by atoms with Crippen molar-refractivity contribution in [3.63, 3.8) is 0 Å². The Morgan fingerprint density at radius 3 is 2.62 bits per heavy atom. The predicted molar refractivity (Wildman–Crippen MR) is 156 cm³/mol. The third-order valence-electron chi connectivity index (χ3n) is 8.26. The molecule has 0 saturated carbocycles. The fourth-order valence-corrected chi connectivity index (χ4v) is 6.70. The van der Waals surface area contributed by atoms with E-state index < -0.39 is 0 Å². The first-order valence-corrected chi connectivity index (χ1v) is 14.8. The van der Waals surface area contributed by atoms with Crippen molar-refractivity contribution in [3.8, 4) is 0 Å². The van der Waals surface area contributed by atoms with Crippen LogP contribution in [-0.2, 0) is 9.47 Å². The lowest BCUT2D eigenvalue weighted by Crippen LogP contribution is -2.50. The first kappa shape index (κ1) is 27.4. The van der Waals surface area contributed by atoms with Crippen molar-refractivity contribution in [2.75, 3.05) is 55.0 Å². The minimum Gasteiger partial charge on any atom is -0.380 e. The highest BCUT2D eigenvalue weighted by Crippen LogP contribution is 2.42. The second-order valence-electron chi connectivity index (χ2n) is 10.6. The van der Waals surface area contributed by atoms with Crippen LogP contribution in [0, 0.1) is 5.41 Å². The molecule has 0 aliphatic carbocycles. The summed E-state index contributed by atoms with van der Waals surface area (Å²) in [7, 11) is 1.73. The number of aromatic nitrogens is 5. The van der Waals surface area contributed by atoms with Crippen molar-refractivity contribution in [2.45, 2.75) is 54.4 Å². The van der Waals surface area contributed by atoms with E-state index in [1.54, 1.807) is 31.8 Å². The molecule has 3 fully saturated rings. The minimum absolute atomic E-state index is 0.0809. The summed E-state index contributed by atoms with van der Waals surface area (Å²) in [5.74, 6) is 2.66. The third-order valence-corrected chi connectivity index (χ3v) is 9.74. The Morgan fingerprint density at radius 1 is 1.10 bits per heavy atom. The van der Waals surface area contributed by atoms with Gasteiger partial charge in [0.25, 0.3) is 0 Å². The van der Waals surface area contributed by atoms with Crippen LogP contribution in [0.1, 0.15) is 26.2 Å². The maximum absolute atomic E-state index is 6.75. The smallest absolute Gasteiger partial charge is 0.227 e. The molecule has 0 bridgehead atoms. The number of pyridine rings is 1. The van der Waals surface area contributed by atoms with Crippen LogP contribution in [0.25, 0.3) is 0 Å². The molecule has 40 heavy (non-hydrogen) atoms. The predicted octanol–water partition coefficient (Wildman–Crippen LogP) is 3.77. The largest absolute Gasteiger partial charge is 0.380 e. The van der Waals surface area contributed by atoms with Crippen LogP contribution in [0.5, 0.6) is 0 Å². The summed E-state index contributed by atoms with van der Waals surface area (Å²) in [6.07, 6.45) is 10.3. The molecular weight excluding hydrogens is 550 g/mol. The normalized spacial score (nSPS) is 24.1. The molecule has 3 saturated heterocycles. The van der Waals surface area contributed by atoms with Gasteiger partial charge in [-0.2, -0.15) is 4.98 Å². The number of halogens is 1. The van der Waals surface area contributed by atoms with Crippen molar-refractivity contribution in [1.29, 1.82) is 0 Å². The number of anilines is 4. The summed E-state index contributed by atoms with van der Waals surface area (Å²) >= 11 is 8.20. The van der Waals surface area contributed by atoms with E-state index in [4.69, 9.17) is 31.8 Å². The molecule has 3 aromatic heterocycles. The van der Waals surface area contributed by atoms with Gasteiger partial charge in [-0.3, -0.25) is 0 Å². The van der Waals surface area contributed by atoms with Gasteiger partial charge >= 0.3 is 0 Å². The number of hydrogen-bond donors (Lipinski definition) is 2. The maximum atomic E-state index is 6.75. The Balaban J connectivity index is 1.09. The molecule has 0 amide bonds. The number of methoxy groups -OCH3 is 1. The van der Waals surface area contributed by atoms with E-state index in [0.717, 1.165) is 67.8 Å². The second-order valence-corrected chi connectivity index (χ2v) is 12.1. The molecular formula is C27H34ClN9O2S. The Bertz CT molecular complexity index is 1330. The zero-order chi connectivity index (χ0) is 27.7. The highest BCUT2D eigenvalue weighted by molar-refractivity contribution is 7.99. The summed E-state index contributed by atoms with van der Waals surface area (Å²) < 4.78 is 11.3.